The van der Waals surface area contributed by atoms with Crippen molar-refractivity contribution in [1.29, 1.82) is 0 Å². The highest BCUT2D eigenvalue weighted by Gasteiger charge is 2.25. The van der Waals surface area contributed by atoms with Gasteiger partial charge in [-0.25, -0.2) is 18.4 Å². The van der Waals surface area contributed by atoms with Crippen molar-refractivity contribution in [2.75, 3.05) is 30.9 Å². The average Bonchev–Trinajstić information content (AvgIpc) is 3.42. The van der Waals surface area contributed by atoms with E-state index < -0.39 is 9.84 Å². The predicted molar refractivity (Wildman–Crippen MR) is 117 cm³/mol. The van der Waals surface area contributed by atoms with Crippen molar-refractivity contribution in [2.45, 2.75) is 17.9 Å². The van der Waals surface area contributed by atoms with E-state index in [1.165, 1.54) is 6.26 Å². The Bertz CT molecular complexity index is 1350. The van der Waals surface area contributed by atoms with Crippen LogP contribution in [0.25, 0.3) is 28.1 Å². The van der Waals surface area contributed by atoms with Gasteiger partial charge in [-0.3, -0.25) is 9.67 Å². The molecule has 0 radical (unpaired) electrons. The molecular weight excluding hydrogens is 416 g/mol. The van der Waals surface area contributed by atoms with Crippen molar-refractivity contribution in [2.24, 2.45) is 0 Å². The number of ether oxygens (including phenoxy) is 1. The summed E-state index contributed by atoms with van der Waals surface area (Å²) in [6.07, 6.45) is 4.61. The molecule has 31 heavy (non-hydrogen) atoms. The summed E-state index contributed by atoms with van der Waals surface area (Å²) in [6, 6.07) is 10.9. The first-order chi connectivity index (χ1) is 14.9. The molecule has 1 aliphatic rings. The molecule has 0 bridgehead atoms. The molecule has 0 spiro atoms. The summed E-state index contributed by atoms with van der Waals surface area (Å²) >= 11 is 0. The highest BCUT2D eigenvalue weighted by Crippen LogP contribution is 2.35. The number of nitrogens with zero attached hydrogens (tertiary/aromatic N) is 5. The minimum atomic E-state index is -3.44. The number of anilines is 1. The molecule has 9 nitrogen and oxygen atoms in total. The number of benzene rings is 1. The highest BCUT2D eigenvalue weighted by molar-refractivity contribution is 7.90. The number of aromatic nitrogens is 5. The Labute approximate surface area is 179 Å². The van der Waals surface area contributed by atoms with Crippen LogP contribution in [0.1, 0.15) is 6.92 Å². The molecule has 0 saturated carbocycles. The third-order valence-corrected chi connectivity index (χ3v) is 6.62. The molecule has 0 unspecified atom stereocenters. The zero-order valence-electron chi connectivity index (χ0n) is 17.2. The van der Waals surface area contributed by atoms with E-state index >= 15 is 0 Å². The van der Waals surface area contributed by atoms with Crippen molar-refractivity contribution >= 4 is 26.8 Å². The summed E-state index contributed by atoms with van der Waals surface area (Å²) in [6.45, 7) is 4.00. The van der Waals surface area contributed by atoms with Gasteiger partial charge in [0, 0.05) is 36.2 Å². The van der Waals surface area contributed by atoms with E-state index in [9.17, 15) is 8.42 Å². The normalized spacial score (nSPS) is 17.4. The highest BCUT2D eigenvalue weighted by atomic mass is 32.2. The fourth-order valence-corrected chi connectivity index (χ4v) is 4.87. The topological polar surface area (TPSA) is 106 Å². The summed E-state index contributed by atoms with van der Waals surface area (Å²) in [5, 5.41) is 7.06. The summed E-state index contributed by atoms with van der Waals surface area (Å²) in [5.41, 5.74) is 2.55. The number of hydrogen-bond donors (Lipinski definition) is 1. The Morgan fingerprint density at radius 2 is 2.00 bits per heavy atom. The third-order valence-electron chi connectivity index (χ3n) is 5.46. The number of hydrogen-bond acceptors (Lipinski definition) is 7. The van der Waals surface area contributed by atoms with Gasteiger partial charge in [-0.05, 0) is 19.1 Å². The van der Waals surface area contributed by atoms with Crippen LogP contribution in [0.2, 0.25) is 0 Å². The zero-order valence-corrected chi connectivity index (χ0v) is 18.0. The van der Waals surface area contributed by atoms with Crippen LogP contribution in [-0.2, 0) is 14.6 Å². The number of fused-ring (bicyclic) bond motifs is 1. The summed E-state index contributed by atoms with van der Waals surface area (Å²) in [4.78, 5) is 11.9. The van der Waals surface area contributed by atoms with Gasteiger partial charge in [0.25, 0.3) is 0 Å². The van der Waals surface area contributed by atoms with Gasteiger partial charge < -0.3 is 9.64 Å². The van der Waals surface area contributed by atoms with Gasteiger partial charge in [0.05, 0.1) is 24.2 Å². The van der Waals surface area contributed by atoms with Crippen LogP contribution in [-0.4, -0.2) is 65.2 Å². The monoisotopic (exact) mass is 438 g/mol. The zero-order chi connectivity index (χ0) is 21.6. The first-order valence-corrected chi connectivity index (χ1v) is 11.8. The minimum absolute atomic E-state index is 0.137. The van der Waals surface area contributed by atoms with Crippen LogP contribution in [0, 0.1) is 0 Å². The van der Waals surface area contributed by atoms with Gasteiger partial charge in [-0.2, -0.15) is 5.10 Å². The summed E-state index contributed by atoms with van der Waals surface area (Å²) < 4.78 is 32.4. The van der Waals surface area contributed by atoms with Gasteiger partial charge in [-0.15, -0.1) is 0 Å². The molecule has 0 amide bonds. The molecule has 4 aromatic rings. The predicted octanol–water partition coefficient (Wildman–Crippen LogP) is 2.44. The SMILES string of the molecule is C[C@@H]1COCCN1c1cc(-c2ccccc2S(C)(=O)=O)c2ncn(-c3cc[nH]n3)c2n1. The van der Waals surface area contributed by atoms with E-state index in [0.29, 0.717) is 47.9 Å². The quantitative estimate of drug-likeness (QED) is 0.522. The van der Waals surface area contributed by atoms with Crippen molar-refractivity contribution in [3.8, 4) is 16.9 Å². The lowest BCUT2D eigenvalue weighted by Gasteiger charge is -2.34. The van der Waals surface area contributed by atoms with E-state index in [1.807, 2.05) is 24.3 Å². The number of morpholine rings is 1. The van der Waals surface area contributed by atoms with E-state index in [2.05, 4.69) is 27.0 Å². The maximum atomic E-state index is 12.5. The van der Waals surface area contributed by atoms with Crippen molar-refractivity contribution < 1.29 is 13.2 Å². The molecule has 4 heterocycles. The molecule has 3 aromatic heterocycles. The van der Waals surface area contributed by atoms with Gasteiger partial charge in [-0.1, -0.05) is 18.2 Å². The number of nitrogens with one attached hydrogen (secondary N) is 1. The maximum absolute atomic E-state index is 12.5. The number of H-pyrrole nitrogens is 1. The van der Waals surface area contributed by atoms with Crippen LogP contribution in [0.5, 0.6) is 0 Å². The first kappa shape index (κ1) is 19.7. The van der Waals surface area contributed by atoms with Crippen molar-refractivity contribution in [3.63, 3.8) is 0 Å². The maximum Gasteiger partial charge on any atom is 0.176 e. The fourth-order valence-electron chi connectivity index (χ4n) is 3.96. The second kappa shape index (κ2) is 7.47. The van der Waals surface area contributed by atoms with Gasteiger partial charge >= 0.3 is 0 Å². The lowest BCUT2D eigenvalue weighted by molar-refractivity contribution is 0.0986. The molecule has 160 valence electrons. The van der Waals surface area contributed by atoms with E-state index in [4.69, 9.17) is 9.72 Å². The van der Waals surface area contributed by atoms with Crippen LogP contribution < -0.4 is 4.90 Å². The van der Waals surface area contributed by atoms with Gasteiger partial charge in [0.2, 0.25) is 0 Å². The van der Waals surface area contributed by atoms with Crippen molar-refractivity contribution in [3.05, 3.63) is 48.9 Å². The Balaban J connectivity index is 1.81. The Kier molecular flexibility index (Phi) is 4.75. The van der Waals surface area contributed by atoms with E-state index in [1.54, 1.807) is 29.2 Å². The number of pyridine rings is 1. The minimum Gasteiger partial charge on any atom is -0.377 e. The number of imidazole rings is 1. The molecule has 0 aliphatic carbocycles. The molecule has 1 fully saturated rings. The van der Waals surface area contributed by atoms with E-state index in [0.717, 1.165) is 5.82 Å². The van der Waals surface area contributed by atoms with Crippen molar-refractivity contribution in [1.82, 2.24) is 24.7 Å². The summed E-state index contributed by atoms with van der Waals surface area (Å²) in [7, 11) is -3.44. The number of rotatable bonds is 4. The van der Waals surface area contributed by atoms with Gasteiger partial charge in [0.15, 0.2) is 21.3 Å². The molecule has 5 rings (SSSR count). The van der Waals surface area contributed by atoms with Crippen LogP contribution in [0.3, 0.4) is 0 Å². The smallest absolute Gasteiger partial charge is 0.176 e. The second-order valence-corrected chi connectivity index (χ2v) is 9.62. The van der Waals surface area contributed by atoms with Crippen LogP contribution >= 0.6 is 0 Å². The Morgan fingerprint density at radius 3 is 2.74 bits per heavy atom. The third kappa shape index (κ3) is 3.47. The number of aromatic amines is 1. The first-order valence-electron chi connectivity index (χ1n) is 9.95. The van der Waals surface area contributed by atoms with Crippen LogP contribution in [0.15, 0.2) is 53.8 Å². The summed E-state index contributed by atoms with van der Waals surface area (Å²) in [5.74, 6) is 1.41. The van der Waals surface area contributed by atoms with Crippen LogP contribution in [0.4, 0.5) is 5.82 Å². The lowest BCUT2D eigenvalue weighted by Crippen LogP contribution is -2.44. The standard InChI is InChI=1S/C21H22N6O3S/c1-14-12-30-10-9-26(14)19-11-16(15-5-3-4-6-17(15)31(2,28)29)20-21(24-19)27(13-22-20)18-7-8-23-25-18/h3-8,11,13-14H,9-10,12H2,1-2H3,(H,23,25)/t14-/m1/s1. The fraction of sp³-hybridized carbons (Fsp3) is 0.286. The Morgan fingerprint density at radius 1 is 1.16 bits per heavy atom. The molecule has 1 N–H and O–H groups in total. The molecule has 10 heteroatoms. The molecule has 1 atom stereocenters. The average molecular weight is 439 g/mol. The molecule has 1 saturated heterocycles. The molecule has 1 aliphatic heterocycles. The van der Waals surface area contributed by atoms with Gasteiger partial charge in [0.1, 0.15) is 17.7 Å². The number of sulfone groups is 1. The van der Waals surface area contributed by atoms with E-state index in [-0.39, 0.29) is 10.9 Å². The Hall–Kier alpha value is -3.24. The largest absolute Gasteiger partial charge is 0.377 e. The second-order valence-electron chi connectivity index (χ2n) is 7.63. The lowest BCUT2D eigenvalue weighted by atomic mass is 10.0. The molecular formula is C21H22N6O3S. The molecule has 1 aromatic carbocycles.